The number of ether oxygens (including phenoxy) is 2. The van der Waals surface area contributed by atoms with E-state index in [1.165, 1.54) is 12.0 Å². The molecule has 0 saturated carbocycles. The zero-order chi connectivity index (χ0) is 25.8. The Morgan fingerprint density at radius 2 is 1.75 bits per heavy atom. The van der Waals surface area contributed by atoms with E-state index in [2.05, 4.69) is 0 Å². The van der Waals surface area contributed by atoms with Crippen LogP contribution < -0.4 is 4.74 Å². The number of ketones is 1. The number of carbonyl (C=O) groups is 2. The van der Waals surface area contributed by atoms with Crippen LogP contribution in [0.25, 0.3) is 5.76 Å². The molecule has 0 spiro atoms. The summed E-state index contributed by atoms with van der Waals surface area (Å²) < 4.78 is 11.0. The predicted molar refractivity (Wildman–Crippen MR) is 139 cm³/mol. The third-order valence-corrected chi connectivity index (χ3v) is 6.78. The summed E-state index contributed by atoms with van der Waals surface area (Å²) in [5, 5.41) is 12.0. The number of aliphatic hydroxyl groups is 1. The number of likely N-dealkylation sites (tertiary alicyclic amines) is 1. The topological polar surface area (TPSA) is 76.1 Å². The maximum Gasteiger partial charge on any atom is 0.295 e. The van der Waals surface area contributed by atoms with Crippen LogP contribution in [0, 0.1) is 6.92 Å². The molecule has 1 aliphatic heterocycles. The molecule has 0 aliphatic carbocycles. The second kappa shape index (κ2) is 11.2. The summed E-state index contributed by atoms with van der Waals surface area (Å²) in [5.74, 6) is -1.14. The Bertz CT molecular complexity index is 1320. The van der Waals surface area contributed by atoms with Gasteiger partial charge in [-0.2, -0.15) is 0 Å². The van der Waals surface area contributed by atoms with Gasteiger partial charge in [-0.15, -0.1) is 0 Å². The van der Waals surface area contributed by atoms with Crippen LogP contribution in [0.4, 0.5) is 0 Å². The third kappa shape index (κ3) is 5.26. The molecule has 186 valence electrons. The van der Waals surface area contributed by atoms with Crippen molar-refractivity contribution in [3.63, 3.8) is 0 Å². The number of nitrogens with zero attached hydrogens (tertiary/aromatic N) is 1. The van der Waals surface area contributed by atoms with Crippen molar-refractivity contribution in [2.45, 2.75) is 19.6 Å². The number of methoxy groups -OCH3 is 1. The summed E-state index contributed by atoms with van der Waals surface area (Å²) >= 11 is 12.3. The standard InChI is InChI=1S/C28H25Cl2NO5/c1-17-14-20(36-16-18-6-4-3-5-7-18)9-10-21(17)26(32)24-25(19-8-11-22(29)23(30)15-19)31(12-13-35-2)28(34)27(24)33/h3-11,14-15,25,32H,12-13,16H2,1-2H3/b26-24+/t25-/m1/s1. The number of benzene rings is 3. The Morgan fingerprint density at radius 1 is 1.00 bits per heavy atom. The van der Waals surface area contributed by atoms with Crippen molar-refractivity contribution in [2.24, 2.45) is 0 Å². The minimum absolute atomic E-state index is 0.0180. The van der Waals surface area contributed by atoms with Crippen LogP contribution in [-0.2, 0) is 20.9 Å². The minimum atomic E-state index is -0.844. The van der Waals surface area contributed by atoms with Gasteiger partial charge in [0.2, 0.25) is 0 Å². The minimum Gasteiger partial charge on any atom is -0.507 e. The first-order chi connectivity index (χ1) is 17.3. The van der Waals surface area contributed by atoms with Crippen LogP contribution in [-0.4, -0.2) is 42.0 Å². The Labute approximate surface area is 219 Å². The summed E-state index contributed by atoms with van der Waals surface area (Å²) in [6.45, 7) is 2.58. The van der Waals surface area contributed by atoms with Crippen molar-refractivity contribution in [3.05, 3.63) is 105 Å². The number of hydrogen-bond acceptors (Lipinski definition) is 5. The molecule has 8 heteroatoms. The fourth-order valence-electron chi connectivity index (χ4n) is 4.21. The average molecular weight is 526 g/mol. The van der Waals surface area contributed by atoms with E-state index in [0.29, 0.717) is 34.1 Å². The molecule has 6 nitrogen and oxygen atoms in total. The monoisotopic (exact) mass is 525 g/mol. The molecule has 1 N–H and O–H groups in total. The van der Waals surface area contributed by atoms with Gasteiger partial charge in [-0.25, -0.2) is 0 Å². The second-order valence-corrected chi connectivity index (χ2v) is 9.22. The lowest BCUT2D eigenvalue weighted by Crippen LogP contribution is -2.32. The fraction of sp³-hybridized carbons (Fsp3) is 0.214. The zero-order valence-electron chi connectivity index (χ0n) is 19.8. The quantitative estimate of drug-likeness (QED) is 0.223. The van der Waals surface area contributed by atoms with E-state index in [1.807, 2.05) is 30.3 Å². The van der Waals surface area contributed by atoms with E-state index >= 15 is 0 Å². The summed E-state index contributed by atoms with van der Waals surface area (Å²) in [5.41, 5.74) is 2.68. The number of Topliss-reactive ketones (excluding diaryl/α,β-unsaturated/α-hetero) is 1. The molecule has 1 aliphatic rings. The van der Waals surface area contributed by atoms with Crippen molar-refractivity contribution in [3.8, 4) is 5.75 Å². The number of amides is 1. The predicted octanol–water partition coefficient (Wildman–Crippen LogP) is 5.95. The largest absolute Gasteiger partial charge is 0.507 e. The van der Waals surface area contributed by atoms with Crippen LogP contribution in [0.15, 0.2) is 72.3 Å². The molecule has 36 heavy (non-hydrogen) atoms. The highest BCUT2D eigenvalue weighted by Gasteiger charge is 2.46. The SMILES string of the molecule is COCCN1C(=O)C(=O)/C(=C(/O)c2ccc(OCc3ccccc3)cc2C)[C@H]1c1ccc(Cl)c(Cl)c1. The Balaban J connectivity index is 1.72. The lowest BCUT2D eigenvalue weighted by molar-refractivity contribution is -0.140. The lowest BCUT2D eigenvalue weighted by Gasteiger charge is -2.25. The average Bonchev–Trinajstić information content (AvgIpc) is 3.13. The van der Waals surface area contributed by atoms with Gasteiger partial charge in [0.25, 0.3) is 11.7 Å². The first-order valence-corrected chi connectivity index (χ1v) is 12.1. The summed E-state index contributed by atoms with van der Waals surface area (Å²) in [4.78, 5) is 27.5. The van der Waals surface area contributed by atoms with Crippen molar-refractivity contribution in [1.29, 1.82) is 0 Å². The number of carbonyl (C=O) groups excluding carboxylic acids is 2. The smallest absolute Gasteiger partial charge is 0.295 e. The Hall–Kier alpha value is -3.32. The number of hydrogen-bond donors (Lipinski definition) is 1. The number of halogens is 2. The maximum atomic E-state index is 13.1. The zero-order valence-corrected chi connectivity index (χ0v) is 21.3. The number of aryl methyl sites for hydroxylation is 1. The molecular weight excluding hydrogens is 501 g/mol. The summed E-state index contributed by atoms with van der Waals surface area (Å²) in [6, 6.07) is 19.0. The van der Waals surface area contributed by atoms with Crippen molar-refractivity contribution in [2.75, 3.05) is 20.3 Å². The van der Waals surface area contributed by atoms with Gasteiger partial charge in [0.1, 0.15) is 18.1 Å². The van der Waals surface area contributed by atoms with Gasteiger partial charge in [0.05, 0.1) is 28.3 Å². The van der Waals surface area contributed by atoms with Gasteiger partial charge < -0.3 is 19.5 Å². The molecule has 0 unspecified atom stereocenters. The molecule has 0 bridgehead atoms. The van der Waals surface area contributed by atoms with Crippen LogP contribution in [0.3, 0.4) is 0 Å². The first-order valence-electron chi connectivity index (χ1n) is 11.3. The highest BCUT2D eigenvalue weighted by Crippen LogP contribution is 2.41. The van der Waals surface area contributed by atoms with E-state index in [1.54, 1.807) is 43.3 Å². The molecule has 1 saturated heterocycles. The van der Waals surface area contributed by atoms with E-state index < -0.39 is 17.7 Å². The maximum absolute atomic E-state index is 13.1. The molecule has 1 fully saturated rings. The van der Waals surface area contributed by atoms with Gasteiger partial charge >= 0.3 is 0 Å². The normalized spacial score (nSPS) is 17.0. The highest BCUT2D eigenvalue weighted by molar-refractivity contribution is 6.47. The first kappa shape index (κ1) is 25.8. The molecular formula is C28H25Cl2NO5. The van der Waals surface area contributed by atoms with E-state index in [-0.39, 0.29) is 29.5 Å². The Kier molecular flexibility index (Phi) is 7.99. The molecule has 3 aromatic carbocycles. The van der Waals surface area contributed by atoms with E-state index in [4.69, 9.17) is 32.7 Å². The fourth-order valence-corrected chi connectivity index (χ4v) is 4.51. The summed E-state index contributed by atoms with van der Waals surface area (Å²) in [7, 11) is 1.51. The molecule has 3 aromatic rings. The van der Waals surface area contributed by atoms with Crippen LogP contribution in [0.2, 0.25) is 10.0 Å². The molecule has 1 atom stereocenters. The Morgan fingerprint density at radius 3 is 2.42 bits per heavy atom. The lowest BCUT2D eigenvalue weighted by atomic mass is 9.94. The molecule has 1 heterocycles. The van der Waals surface area contributed by atoms with Gasteiger partial charge in [-0.05, 0) is 53.9 Å². The van der Waals surface area contributed by atoms with Gasteiger partial charge in [-0.3, -0.25) is 9.59 Å². The van der Waals surface area contributed by atoms with Crippen molar-refractivity contribution < 1.29 is 24.2 Å². The van der Waals surface area contributed by atoms with Crippen LogP contribution in [0.5, 0.6) is 5.75 Å². The molecule has 4 rings (SSSR count). The van der Waals surface area contributed by atoms with Crippen molar-refractivity contribution >= 4 is 40.7 Å². The third-order valence-electron chi connectivity index (χ3n) is 6.04. The highest BCUT2D eigenvalue weighted by atomic mass is 35.5. The van der Waals surface area contributed by atoms with E-state index in [9.17, 15) is 14.7 Å². The molecule has 1 amide bonds. The van der Waals surface area contributed by atoms with Gasteiger partial charge in [0, 0.05) is 19.2 Å². The number of aliphatic hydroxyl groups excluding tert-OH is 1. The van der Waals surface area contributed by atoms with Crippen molar-refractivity contribution in [1.82, 2.24) is 4.90 Å². The second-order valence-electron chi connectivity index (χ2n) is 8.41. The number of rotatable bonds is 8. The molecule has 0 aromatic heterocycles. The van der Waals surface area contributed by atoms with Gasteiger partial charge in [-0.1, -0.05) is 59.6 Å². The van der Waals surface area contributed by atoms with Crippen LogP contribution in [0.1, 0.15) is 28.3 Å². The van der Waals surface area contributed by atoms with Gasteiger partial charge in [0.15, 0.2) is 0 Å². The van der Waals surface area contributed by atoms with E-state index in [0.717, 1.165) is 5.56 Å². The molecule has 0 radical (unpaired) electrons. The van der Waals surface area contributed by atoms with Crippen LogP contribution >= 0.6 is 23.2 Å². The summed E-state index contributed by atoms with van der Waals surface area (Å²) in [6.07, 6.45) is 0.